The molecule has 1 saturated carbocycles. The van der Waals surface area contributed by atoms with Crippen molar-refractivity contribution in [2.75, 3.05) is 5.32 Å². The molecule has 1 aromatic rings. The molecule has 5 heteroatoms. The first-order valence-electron chi connectivity index (χ1n) is 4.68. The molecule has 2 nitrogen and oxygen atoms in total. The minimum absolute atomic E-state index is 0.231. The zero-order valence-electron chi connectivity index (χ0n) is 7.89. The summed E-state index contributed by atoms with van der Waals surface area (Å²) in [4.78, 5) is 0. The number of thiocarbonyl (C=S) groups is 1. The summed E-state index contributed by atoms with van der Waals surface area (Å²) in [7, 11) is 0. The molecule has 0 amide bonds. The standard InChI is InChI=1S/C10H10FIN2S/c11-6-1-4-9(8(12)5-6)14-10(15)13-7-2-3-7/h1,4-5,7H,2-3H2,(H2,13,14,15). The highest BCUT2D eigenvalue weighted by Crippen LogP contribution is 2.21. The molecule has 15 heavy (non-hydrogen) atoms. The molecule has 0 bridgehead atoms. The van der Waals surface area contributed by atoms with E-state index in [0.717, 1.165) is 9.26 Å². The van der Waals surface area contributed by atoms with E-state index in [0.29, 0.717) is 11.2 Å². The van der Waals surface area contributed by atoms with Crippen LogP contribution < -0.4 is 10.6 Å². The number of nitrogens with one attached hydrogen (secondary N) is 2. The van der Waals surface area contributed by atoms with Crippen LogP contribution in [0.1, 0.15) is 12.8 Å². The molecular formula is C10H10FIN2S. The third kappa shape index (κ3) is 3.27. The largest absolute Gasteiger partial charge is 0.360 e. The van der Waals surface area contributed by atoms with Crippen LogP contribution in [0.15, 0.2) is 18.2 Å². The maximum Gasteiger partial charge on any atom is 0.171 e. The second-order valence-corrected chi connectivity index (χ2v) is 5.07. The number of hydrogen-bond acceptors (Lipinski definition) is 1. The monoisotopic (exact) mass is 336 g/mol. The van der Waals surface area contributed by atoms with Crippen molar-refractivity contribution < 1.29 is 4.39 Å². The number of hydrogen-bond donors (Lipinski definition) is 2. The number of benzene rings is 1. The zero-order chi connectivity index (χ0) is 10.8. The lowest BCUT2D eigenvalue weighted by Crippen LogP contribution is -2.30. The summed E-state index contributed by atoms with van der Waals surface area (Å²) < 4.78 is 13.7. The molecule has 1 fully saturated rings. The van der Waals surface area contributed by atoms with Gasteiger partial charge >= 0.3 is 0 Å². The minimum Gasteiger partial charge on any atom is -0.360 e. The number of anilines is 1. The Balaban J connectivity index is 1.99. The first kappa shape index (κ1) is 11.1. The molecule has 0 spiro atoms. The fraction of sp³-hybridized carbons (Fsp3) is 0.300. The molecule has 0 radical (unpaired) electrons. The van der Waals surface area contributed by atoms with Gasteiger partial charge in [-0.2, -0.15) is 0 Å². The highest BCUT2D eigenvalue weighted by molar-refractivity contribution is 14.1. The van der Waals surface area contributed by atoms with Crippen LogP contribution in [0.2, 0.25) is 0 Å². The quantitative estimate of drug-likeness (QED) is 0.642. The van der Waals surface area contributed by atoms with E-state index in [4.69, 9.17) is 12.2 Å². The molecule has 0 atom stereocenters. The SMILES string of the molecule is Fc1ccc(NC(=S)NC2CC2)c(I)c1. The second kappa shape index (κ2) is 4.61. The van der Waals surface area contributed by atoms with Gasteiger partial charge in [0.2, 0.25) is 0 Å². The van der Waals surface area contributed by atoms with Gasteiger partial charge in [-0.1, -0.05) is 0 Å². The van der Waals surface area contributed by atoms with E-state index >= 15 is 0 Å². The molecule has 0 unspecified atom stereocenters. The van der Waals surface area contributed by atoms with Gasteiger partial charge in [0.15, 0.2) is 5.11 Å². The van der Waals surface area contributed by atoms with Crippen molar-refractivity contribution in [3.8, 4) is 0 Å². The summed E-state index contributed by atoms with van der Waals surface area (Å²) in [5.74, 6) is -0.231. The van der Waals surface area contributed by atoms with Crippen molar-refractivity contribution in [2.24, 2.45) is 0 Å². The highest BCUT2D eigenvalue weighted by atomic mass is 127. The third-order valence-electron chi connectivity index (χ3n) is 2.09. The van der Waals surface area contributed by atoms with Crippen LogP contribution in [-0.2, 0) is 0 Å². The molecule has 1 aliphatic carbocycles. The Morgan fingerprint density at radius 3 is 2.80 bits per heavy atom. The smallest absolute Gasteiger partial charge is 0.171 e. The van der Waals surface area contributed by atoms with Gasteiger partial charge in [-0.15, -0.1) is 0 Å². The molecular weight excluding hydrogens is 326 g/mol. The van der Waals surface area contributed by atoms with Crippen LogP contribution >= 0.6 is 34.8 Å². The summed E-state index contributed by atoms with van der Waals surface area (Å²) in [5.41, 5.74) is 0.843. The van der Waals surface area contributed by atoms with E-state index < -0.39 is 0 Å². The lowest BCUT2D eigenvalue weighted by Gasteiger charge is -2.10. The van der Waals surface area contributed by atoms with Crippen LogP contribution in [0.3, 0.4) is 0 Å². The first-order valence-corrected chi connectivity index (χ1v) is 6.16. The van der Waals surface area contributed by atoms with E-state index in [1.807, 2.05) is 0 Å². The Bertz CT molecular complexity index is 393. The van der Waals surface area contributed by atoms with E-state index in [9.17, 15) is 4.39 Å². The van der Waals surface area contributed by atoms with Gasteiger partial charge in [0.05, 0.1) is 5.69 Å². The fourth-order valence-corrected chi connectivity index (χ4v) is 2.05. The Morgan fingerprint density at radius 2 is 2.20 bits per heavy atom. The van der Waals surface area contributed by atoms with Gasteiger partial charge < -0.3 is 10.6 Å². The molecule has 80 valence electrons. The first-order chi connectivity index (χ1) is 7.15. The van der Waals surface area contributed by atoms with Crippen LogP contribution in [0.5, 0.6) is 0 Å². The Kier molecular flexibility index (Phi) is 3.40. The van der Waals surface area contributed by atoms with E-state index in [2.05, 4.69) is 33.2 Å². The van der Waals surface area contributed by atoms with Gasteiger partial charge in [0.1, 0.15) is 5.82 Å². The highest BCUT2D eigenvalue weighted by Gasteiger charge is 2.21. The number of rotatable bonds is 2. The summed E-state index contributed by atoms with van der Waals surface area (Å²) in [6, 6.07) is 5.12. The summed E-state index contributed by atoms with van der Waals surface area (Å²) >= 11 is 7.20. The predicted octanol–water partition coefficient (Wildman–Crippen LogP) is 2.88. The van der Waals surface area contributed by atoms with Gasteiger partial charge in [-0.25, -0.2) is 4.39 Å². The topological polar surface area (TPSA) is 24.1 Å². The Morgan fingerprint density at radius 1 is 1.47 bits per heavy atom. The second-order valence-electron chi connectivity index (χ2n) is 3.50. The summed E-state index contributed by atoms with van der Waals surface area (Å²) in [6.45, 7) is 0. The van der Waals surface area contributed by atoms with Crippen molar-refractivity contribution in [1.29, 1.82) is 0 Å². The fourth-order valence-electron chi connectivity index (χ4n) is 1.16. The van der Waals surface area contributed by atoms with Gasteiger partial charge in [0.25, 0.3) is 0 Å². The normalized spacial score (nSPS) is 14.8. The molecule has 0 aromatic heterocycles. The van der Waals surface area contributed by atoms with Crippen molar-refractivity contribution in [3.05, 3.63) is 27.6 Å². The zero-order valence-corrected chi connectivity index (χ0v) is 10.9. The predicted molar refractivity (Wildman–Crippen MR) is 71.5 cm³/mol. The molecule has 1 aliphatic rings. The van der Waals surface area contributed by atoms with E-state index in [-0.39, 0.29) is 5.82 Å². The summed E-state index contributed by atoms with van der Waals surface area (Å²) in [6.07, 6.45) is 2.37. The lowest BCUT2D eigenvalue weighted by atomic mass is 10.3. The molecule has 0 saturated heterocycles. The molecule has 2 N–H and O–H groups in total. The summed E-state index contributed by atoms with van der Waals surface area (Å²) in [5, 5.41) is 6.84. The Hall–Kier alpha value is -0.430. The van der Waals surface area contributed by atoms with Crippen molar-refractivity contribution in [3.63, 3.8) is 0 Å². The number of halogens is 2. The van der Waals surface area contributed by atoms with Crippen LogP contribution in [0.25, 0.3) is 0 Å². The molecule has 2 rings (SSSR count). The minimum atomic E-state index is -0.231. The average Bonchev–Trinajstić information content (AvgIpc) is 2.94. The van der Waals surface area contributed by atoms with Gasteiger partial charge in [-0.3, -0.25) is 0 Å². The van der Waals surface area contributed by atoms with Crippen molar-refractivity contribution >= 4 is 45.6 Å². The average molecular weight is 336 g/mol. The lowest BCUT2D eigenvalue weighted by molar-refractivity contribution is 0.627. The third-order valence-corrected chi connectivity index (χ3v) is 3.20. The van der Waals surface area contributed by atoms with E-state index in [1.165, 1.54) is 25.0 Å². The Labute approximate surface area is 107 Å². The van der Waals surface area contributed by atoms with Gasteiger partial charge in [0, 0.05) is 9.61 Å². The van der Waals surface area contributed by atoms with Crippen molar-refractivity contribution in [1.82, 2.24) is 5.32 Å². The molecule has 0 aliphatic heterocycles. The molecule has 1 aromatic carbocycles. The maximum atomic E-state index is 12.8. The van der Waals surface area contributed by atoms with Crippen LogP contribution in [-0.4, -0.2) is 11.2 Å². The maximum absolute atomic E-state index is 12.8. The molecule has 0 heterocycles. The van der Waals surface area contributed by atoms with Crippen molar-refractivity contribution in [2.45, 2.75) is 18.9 Å². The van der Waals surface area contributed by atoms with Crippen LogP contribution in [0.4, 0.5) is 10.1 Å². The van der Waals surface area contributed by atoms with Gasteiger partial charge in [-0.05, 0) is 65.8 Å². The van der Waals surface area contributed by atoms with Crippen LogP contribution in [0, 0.1) is 9.39 Å². The van der Waals surface area contributed by atoms with E-state index in [1.54, 1.807) is 6.07 Å².